The number of benzene rings is 3. The lowest BCUT2D eigenvalue weighted by Crippen LogP contribution is -2.30. The maximum atomic E-state index is 4.74. The summed E-state index contributed by atoms with van der Waals surface area (Å²) in [6.45, 7) is 0. The normalized spacial score (nSPS) is 14.8. The number of halogens is 2. The molecule has 3 aromatic rings. The van der Waals surface area contributed by atoms with Gasteiger partial charge in [-0.05, 0) is 35.4 Å². The van der Waals surface area contributed by atoms with E-state index in [-0.39, 0.29) is 0 Å². The number of nitrogens with zero attached hydrogens (tertiary/aromatic N) is 2. The van der Waals surface area contributed by atoms with Crippen molar-refractivity contribution in [1.82, 2.24) is 5.32 Å². The van der Waals surface area contributed by atoms with Gasteiger partial charge in [-0.2, -0.15) is 0 Å². The van der Waals surface area contributed by atoms with Crippen LogP contribution in [-0.4, -0.2) is 12.7 Å². The van der Waals surface area contributed by atoms with Gasteiger partial charge in [0.05, 0.1) is 12.7 Å². The van der Waals surface area contributed by atoms with Crippen molar-refractivity contribution in [3.63, 3.8) is 0 Å². The third-order valence-electron chi connectivity index (χ3n) is 4.29. The monoisotopic (exact) mass is 467 g/mol. The van der Waals surface area contributed by atoms with E-state index in [1.165, 1.54) is 5.56 Å². The lowest BCUT2D eigenvalue weighted by molar-refractivity contribution is 0.570. The van der Waals surface area contributed by atoms with Crippen molar-refractivity contribution in [2.45, 2.75) is 5.66 Å². The van der Waals surface area contributed by atoms with Crippen LogP contribution in [-0.2, 0) is 5.66 Å². The summed E-state index contributed by atoms with van der Waals surface area (Å²) in [7, 11) is 0. The summed E-state index contributed by atoms with van der Waals surface area (Å²) in [5, 5.41) is 2.95. The fourth-order valence-corrected chi connectivity index (χ4v) is 4.39. The molecule has 5 heteroatoms. The van der Waals surface area contributed by atoms with Crippen LogP contribution in [0.4, 0.5) is 0 Å². The van der Waals surface area contributed by atoms with Crippen molar-refractivity contribution < 1.29 is 0 Å². The lowest BCUT2D eigenvalue weighted by atomic mass is 9.90. The number of hydrogen-bond donors (Lipinski definition) is 1. The van der Waals surface area contributed by atoms with E-state index in [0.717, 1.165) is 25.6 Å². The van der Waals surface area contributed by atoms with Crippen LogP contribution in [0.1, 0.15) is 11.1 Å². The zero-order valence-electron chi connectivity index (χ0n) is 13.7. The summed E-state index contributed by atoms with van der Waals surface area (Å²) in [5.74, 6) is 0. The minimum atomic E-state index is -0.817. The predicted molar refractivity (Wildman–Crippen MR) is 115 cm³/mol. The van der Waals surface area contributed by atoms with Crippen LogP contribution >= 0.6 is 31.9 Å². The Bertz CT molecular complexity index is 965. The second-order valence-electron chi connectivity index (χ2n) is 5.96. The largest absolute Gasteiger partial charge is 0.338 e. The number of aliphatic imine (C=N–C) groups is 2. The molecule has 26 heavy (non-hydrogen) atoms. The van der Waals surface area contributed by atoms with Crippen LogP contribution in [0.25, 0.3) is 11.1 Å². The second kappa shape index (κ2) is 7.17. The van der Waals surface area contributed by atoms with Crippen molar-refractivity contribution in [2.75, 3.05) is 0 Å². The minimum Gasteiger partial charge on any atom is -0.338 e. The van der Waals surface area contributed by atoms with Gasteiger partial charge in [0.1, 0.15) is 0 Å². The zero-order valence-corrected chi connectivity index (χ0v) is 16.9. The molecule has 0 atom stereocenters. The average Bonchev–Trinajstić information content (AvgIpc) is 2.68. The third-order valence-corrected chi connectivity index (χ3v) is 5.20. The molecule has 0 amide bonds. The fourth-order valence-electron chi connectivity index (χ4n) is 3.09. The Morgan fingerprint density at radius 2 is 1.31 bits per heavy atom. The van der Waals surface area contributed by atoms with Crippen molar-refractivity contribution in [1.29, 1.82) is 0 Å². The zero-order chi connectivity index (χ0) is 18.0. The molecule has 1 aliphatic heterocycles. The van der Waals surface area contributed by atoms with E-state index in [1.807, 2.05) is 24.3 Å². The minimum absolute atomic E-state index is 0.817. The molecule has 3 aromatic carbocycles. The first-order chi connectivity index (χ1) is 12.7. The van der Waals surface area contributed by atoms with Crippen LogP contribution < -0.4 is 5.32 Å². The highest BCUT2D eigenvalue weighted by Gasteiger charge is 2.34. The van der Waals surface area contributed by atoms with Crippen LogP contribution in [0.5, 0.6) is 0 Å². The van der Waals surface area contributed by atoms with Gasteiger partial charge >= 0.3 is 0 Å². The summed E-state index contributed by atoms with van der Waals surface area (Å²) in [6.07, 6.45) is 3.38. The average molecular weight is 469 g/mol. The highest BCUT2D eigenvalue weighted by molar-refractivity contribution is 9.11. The van der Waals surface area contributed by atoms with Crippen LogP contribution in [0.15, 0.2) is 91.7 Å². The molecule has 3 nitrogen and oxygen atoms in total. The Kier molecular flexibility index (Phi) is 4.74. The summed E-state index contributed by atoms with van der Waals surface area (Å²) in [5.41, 5.74) is 3.49. The summed E-state index contributed by atoms with van der Waals surface area (Å²) in [4.78, 5) is 9.49. The van der Waals surface area contributed by atoms with E-state index in [4.69, 9.17) is 9.98 Å². The fraction of sp³-hybridized carbons (Fsp3) is 0.0476. The molecule has 0 fully saturated rings. The molecule has 0 bridgehead atoms. The second-order valence-corrected chi connectivity index (χ2v) is 7.79. The Hall–Kier alpha value is -2.24. The summed E-state index contributed by atoms with van der Waals surface area (Å²) >= 11 is 7.16. The van der Waals surface area contributed by atoms with Gasteiger partial charge in [-0.15, -0.1) is 0 Å². The summed E-state index contributed by atoms with van der Waals surface area (Å²) < 4.78 is 1.95. The van der Waals surface area contributed by atoms with Gasteiger partial charge in [0.2, 0.25) is 5.66 Å². The Morgan fingerprint density at radius 1 is 0.654 bits per heavy atom. The molecule has 0 aliphatic carbocycles. The molecule has 0 radical (unpaired) electrons. The van der Waals surface area contributed by atoms with Crippen molar-refractivity contribution in [3.05, 3.63) is 92.9 Å². The molecule has 0 spiro atoms. The van der Waals surface area contributed by atoms with Crippen molar-refractivity contribution >= 4 is 44.5 Å². The SMILES string of the molecule is Brc1cc(Br)cc(C2(c3cccc(-c4ccccc4)c3)N=CNC=N2)c1. The molecule has 0 saturated heterocycles. The van der Waals surface area contributed by atoms with E-state index in [9.17, 15) is 0 Å². The molecular formula is C21H15Br2N3. The summed E-state index contributed by atoms with van der Waals surface area (Å²) in [6, 6.07) is 24.8. The first-order valence-corrected chi connectivity index (χ1v) is 9.72. The van der Waals surface area contributed by atoms with Gasteiger partial charge in [-0.3, -0.25) is 0 Å². The molecule has 128 valence electrons. The molecule has 0 aromatic heterocycles. The molecule has 4 rings (SSSR count). The Labute approximate surface area is 169 Å². The quantitative estimate of drug-likeness (QED) is 0.522. The van der Waals surface area contributed by atoms with Crippen LogP contribution in [0.3, 0.4) is 0 Å². The van der Waals surface area contributed by atoms with Gasteiger partial charge in [0, 0.05) is 20.1 Å². The predicted octanol–water partition coefficient (Wildman–Crippen LogP) is 5.74. The van der Waals surface area contributed by atoms with Crippen molar-refractivity contribution in [3.8, 4) is 11.1 Å². The smallest absolute Gasteiger partial charge is 0.204 e. The van der Waals surface area contributed by atoms with E-state index in [0.29, 0.717) is 0 Å². The molecule has 0 saturated carbocycles. The Balaban J connectivity index is 1.90. The van der Waals surface area contributed by atoms with E-state index in [2.05, 4.69) is 85.7 Å². The van der Waals surface area contributed by atoms with Gasteiger partial charge in [0.15, 0.2) is 0 Å². The lowest BCUT2D eigenvalue weighted by Gasteiger charge is -2.29. The molecule has 1 aliphatic rings. The first-order valence-electron chi connectivity index (χ1n) is 8.13. The standard InChI is InChI=1S/C21H15Br2N3/c22-19-10-18(11-20(23)12-19)21(25-13-24-14-26-21)17-8-4-7-16(9-17)15-5-2-1-3-6-15/h1-14H,(H,24,25,26). The van der Waals surface area contributed by atoms with Crippen LogP contribution in [0.2, 0.25) is 0 Å². The highest BCUT2D eigenvalue weighted by atomic mass is 79.9. The van der Waals surface area contributed by atoms with Crippen LogP contribution in [0, 0.1) is 0 Å². The molecule has 1 N–H and O–H groups in total. The maximum absolute atomic E-state index is 4.74. The third kappa shape index (κ3) is 3.24. The topological polar surface area (TPSA) is 36.8 Å². The molecule has 0 unspecified atom stereocenters. The van der Waals surface area contributed by atoms with E-state index in [1.54, 1.807) is 12.7 Å². The maximum Gasteiger partial charge on any atom is 0.204 e. The molecular weight excluding hydrogens is 454 g/mol. The molecule has 1 heterocycles. The van der Waals surface area contributed by atoms with E-state index >= 15 is 0 Å². The Morgan fingerprint density at radius 3 is 2.00 bits per heavy atom. The number of hydrogen-bond acceptors (Lipinski definition) is 3. The number of nitrogens with one attached hydrogen (secondary N) is 1. The van der Waals surface area contributed by atoms with Gasteiger partial charge in [0.25, 0.3) is 0 Å². The van der Waals surface area contributed by atoms with Gasteiger partial charge < -0.3 is 5.32 Å². The highest BCUT2D eigenvalue weighted by Crippen LogP contribution is 2.39. The number of rotatable bonds is 3. The van der Waals surface area contributed by atoms with Crippen molar-refractivity contribution in [2.24, 2.45) is 9.98 Å². The van der Waals surface area contributed by atoms with Gasteiger partial charge in [-0.25, -0.2) is 9.98 Å². The van der Waals surface area contributed by atoms with Gasteiger partial charge in [-0.1, -0.05) is 80.4 Å². The van der Waals surface area contributed by atoms with E-state index < -0.39 is 5.66 Å². The first kappa shape index (κ1) is 17.2.